The number of hydrogen-bond acceptors (Lipinski definition) is 5. The standard InChI is InChI=1S/C9H13BrN2O3S2/c1-12(7-4-11-5-8(7)13)17(14,15)9-6(10)2-3-16-9/h2-3,7-8,11,13H,4-5H2,1H3/t7-,8-/m1/s1. The molecule has 8 heteroatoms. The van der Waals surface area contributed by atoms with Crippen LogP contribution in [0.3, 0.4) is 0 Å². The molecular weight excluding hydrogens is 328 g/mol. The fourth-order valence-electron chi connectivity index (χ4n) is 1.79. The zero-order valence-electron chi connectivity index (χ0n) is 9.13. The quantitative estimate of drug-likeness (QED) is 0.838. The average molecular weight is 341 g/mol. The topological polar surface area (TPSA) is 69.6 Å². The summed E-state index contributed by atoms with van der Waals surface area (Å²) < 4.78 is 26.7. The first-order valence-electron chi connectivity index (χ1n) is 5.04. The van der Waals surface area contributed by atoms with Crippen molar-refractivity contribution in [3.05, 3.63) is 15.9 Å². The van der Waals surface area contributed by atoms with Crippen LogP contribution in [0.25, 0.3) is 0 Å². The fraction of sp³-hybridized carbons (Fsp3) is 0.556. The van der Waals surface area contributed by atoms with E-state index >= 15 is 0 Å². The summed E-state index contributed by atoms with van der Waals surface area (Å²) in [5.74, 6) is 0. The van der Waals surface area contributed by atoms with Gasteiger partial charge in [-0.15, -0.1) is 11.3 Å². The summed E-state index contributed by atoms with van der Waals surface area (Å²) in [5.41, 5.74) is 0. The first kappa shape index (κ1) is 13.4. The van der Waals surface area contributed by atoms with E-state index in [1.165, 1.54) is 22.7 Å². The lowest BCUT2D eigenvalue weighted by Crippen LogP contribution is -2.44. The molecular formula is C9H13BrN2O3S2. The van der Waals surface area contributed by atoms with E-state index in [4.69, 9.17) is 0 Å². The monoisotopic (exact) mass is 340 g/mol. The number of likely N-dealkylation sites (N-methyl/N-ethyl adjacent to an activating group) is 1. The number of β-amino-alcohol motifs (C(OH)–C–C–N with tert-alkyl or cyclic N) is 1. The molecule has 0 aliphatic carbocycles. The Hall–Kier alpha value is 0.01000. The van der Waals surface area contributed by atoms with Crippen LogP contribution in [0, 0.1) is 0 Å². The molecule has 1 aromatic rings. The van der Waals surface area contributed by atoms with Crippen LogP contribution in [0.4, 0.5) is 0 Å². The second kappa shape index (κ2) is 4.94. The Kier molecular flexibility index (Phi) is 3.91. The maximum absolute atomic E-state index is 12.3. The molecule has 1 saturated heterocycles. The van der Waals surface area contributed by atoms with Crippen molar-refractivity contribution in [1.29, 1.82) is 0 Å². The van der Waals surface area contributed by atoms with Crippen molar-refractivity contribution >= 4 is 37.3 Å². The number of nitrogens with zero attached hydrogens (tertiary/aromatic N) is 1. The van der Waals surface area contributed by atoms with Crippen molar-refractivity contribution in [2.75, 3.05) is 20.1 Å². The van der Waals surface area contributed by atoms with Gasteiger partial charge in [-0.05, 0) is 27.4 Å². The van der Waals surface area contributed by atoms with Crippen LogP contribution >= 0.6 is 27.3 Å². The highest BCUT2D eigenvalue weighted by molar-refractivity contribution is 9.10. The lowest BCUT2D eigenvalue weighted by atomic mass is 10.2. The minimum Gasteiger partial charge on any atom is -0.390 e. The molecule has 0 radical (unpaired) electrons. The third-order valence-electron chi connectivity index (χ3n) is 2.82. The highest BCUT2D eigenvalue weighted by Crippen LogP contribution is 2.31. The molecule has 1 aliphatic heterocycles. The van der Waals surface area contributed by atoms with Gasteiger partial charge < -0.3 is 10.4 Å². The number of sulfonamides is 1. The molecule has 2 atom stereocenters. The van der Waals surface area contributed by atoms with Crippen LogP contribution in [0.2, 0.25) is 0 Å². The Morgan fingerprint density at radius 2 is 2.29 bits per heavy atom. The molecule has 0 bridgehead atoms. The van der Waals surface area contributed by atoms with Crippen molar-refractivity contribution in [1.82, 2.24) is 9.62 Å². The molecule has 17 heavy (non-hydrogen) atoms. The molecule has 0 spiro atoms. The van der Waals surface area contributed by atoms with E-state index in [2.05, 4.69) is 21.2 Å². The van der Waals surface area contributed by atoms with Gasteiger partial charge in [0.15, 0.2) is 0 Å². The summed E-state index contributed by atoms with van der Waals surface area (Å²) in [6, 6.07) is 1.29. The van der Waals surface area contributed by atoms with Gasteiger partial charge in [-0.3, -0.25) is 0 Å². The molecule has 96 valence electrons. The molecule has 0 saturated carbocycles. The normalized spacial score (nSPS) is 25.6. The summed E-state index contributed by atoms with van der Waals surface area (Å²) >= 11 is 4.39. The molecule has 5 nitrogen and oxygen atoms in total. The summed E-state index contributed by atoms with van der Waals surface area (Å²) in [6.45, 7) is 0.899. The summed E-state index contributed by atoms with van der Waals surface area (Å²) in [6.07, 6.45) is -0.659. The van der Waals surface area contributed by atoms with Crippen molar-refractivity contribution in [3.8, 4) is 0 Å². The summed E-state index contributed by atoms with van der Waals surface area (Å²) in [7, 11) is -2.04. The van der Waals surface area contributed by atoms with Crippen LogP contribution in [-0.2, 0) is 10.0 Å². The predicted molar refractivity (Wildman–Crippen MR) is 69.6 cm³/mol. The fourth-order valence-corrected chi connectivity index (χ4v) is 5.66. The van der Waals surface area contributed by atoms with E-state index in [0.29, 0.717) is 17.6 Å². The van der Waals surface area contributed by atoms with E-state index < -0.39 is 22.2 Å². The Labute approximate surface area is 113 Å². The molecule has 0 unspecified atom stereocenters. The highest BCUT2D eigenvalue weighted by atomic mass is 79.9. The number of thiophene rings is 1. The highest BCUT2D eigenvalue weighted by Gasteiger charge is 2.36. The number of hydrogen-bond donors (Lipinski definition) is 2. The molecule has 0 amide bonds. The Bertz CT molecular complexity index is 502. The zero-order chi connectivity index (χ0) is 12.6. The number of aliphatic hydroxyl groups excluding tert-OH is 1. The number of rotatable bonds is 3. The third-order valence-corrected chi connectivity index (χ3v) is 7.35. The summed E-state index contributed by atoms with van der Waals surface area (Å²) in [5, 5.41) is 14.4. The van der Waals surface area contributed by atoms with Gasteiger partial charge in [-0.25, -0.2) is 8.42 Å². The van der Waals surface area contributed by atoms with Gasteiger partial charge in [-0.2, -0.15) is 4.31 Å². The number of halogens is 1. The van der Waals surface area contributed by atoms with Crippen LogP contribution in [0.5, 0.6) is 0 Å². The van der Waals surface area contributed by atoms with Gasteiger partial charge in [0, 0.05) is 24.6 Å². The molecule has 2 N–H and O–H groups in total. The zero-order valence-corrected chi connectivity index (χ0v) is 12.3. The van der Waals surface area contributed by atoms with Crippen LogP contribution < -0.4 is 5.32 Å². The van der Waals surface area contributed by atoms with Gasteiger partial charge in [0.25, 0.3) is 10.0 Å². The van der Waals surface area contributed by atoms with Crippen molar-refractivity contribution in [3.63, 3.8) is 0 Å². The number of aliphatic hydroxyl groups is 1. The first-order valence-corrected chi connectivity index (χ1v) is 8.15. The SMILES string of the molecule is CN([C@@H]1CNC[C@H]1O)S(=O)(=O)c1sccc1Br. The van der Waals surface area contributed by atoms with E-state index in [1.807, 2.05) is 0 Å². The Morgan fingerprint density at radius 3 is 2.76 bits per heavy atom. The lowest BCUT2D eigenvalue weighted by Gasteiger charge is -2.25. The molecule has 2 rings (SSSR count). The molecule has 1 aliphatic rings. The van der Waals surface area contributed by atoms with Gasteiger partial charge >= 0.3 is 0 Å². The molecule has 0 aromatic carbocycles. The minimum absolute atomic E-state index is 0.277. The second-order valence-corrected chi connectivity index (χ2v) is 7.83. The molecule has 1 fully saturated rings. The predicted octanol–water partition coefficient (Wildman–Crippen LogP) is 0.464. The van der Waals surface area contributed by atoms with Gasteiger partial charge in [-0.1, -0.05) is 0 Å². The lowest BCUT2D eigenvalue weighted by molar-refractivity contribution is 0.136. The van der Waals surface area contributed by atoms with E-state index in [-0.39, 0.29) is 4.21 Å². The van der Waals surface area contributed by atoms with Crippen molar-refractivity contribution in [2.45, 2.75) is 16.4 Å². The maximum Gasteiger partial charge on any atom is 0.253 e. The van der Waals surface area contributed by atoms with Crippen LogP contribution in [0.15, 0.2) is 20.1 Å². The Balaban J connectivity index is 2.30. The number of nitrogens with one attached hydrogen (secondary N) is 1. The van der Waals surface area contributed by atoms with E-state index in [0.717, 1.165) is 0 Å². The van der Waals surface area contributed by atoms with Gasteiger partial charge in [0.1, 0.15) is 4.21 Å². The molecule has 2 heterocycles. The van der Waals surface area contributed by atoms with Gasteiger partial charge in [0.05, 0.1) is 12.1 Å². The van der Waals surface area contributed by atoms with Gasteiger partial charge in [0.2, 0.25) is 0 Å². The van der Waals surface area contributed by atoms with Crippen molar-refractivity contribution < 1.29 is 13.5 Å². The average Bonchev–Trinajstić information content (AvgIpc) is 2.86. The Morgan fingerprint density at radius 1 is 1.59 bits per heavy atom. The smallest absolute Gasteiger partial charge is 0.253 e. The third kappa shape index (κ3) is 2.42. The minimum atomic E-state index is -3.54. The first-order chi connectivity index (χ1) is 7.94. The van der Waals surface area contributed by atoms with Crippen molar-refractivity contribution in [2.24, 2.45) is 0 Å². The van der Waals surface area contributed by atoms with E-state index in [9.17, 15) is 13.5 Å². The summed E-state index contributed by atoms with van der Waals surface area (Å²) in [4.78, 5) is 0. The van der Waals surface area contributed by atoms with E-state index in [1.54, 1.807) is 11.4 Å². The second-order valence-electron chi connectivity index (χ2n) is 3.87. The van der Waals surface area contributed by atoms with Crippen LogP contribution in [-0.4, -0.2) is 50.1 Å². The maximum atomic E-state index is 12.3. The molecule has 1 aromatic heterocycles. The largest absolute Gasteiger partial charge is 0.390 e. The van der Waals surface area contributed by atoms with Crippen LogP contribution in [0.1, 0.15) is 0 Å².